The fraction of sp³-hybridized carbons (Fsp3) is 0.429. The van der Waals surface area contributed by atoms with Gasteiger partial charge in [-0.15, -0.1) is 0 Å². The maximum Gasteiger partial charge on any atom is 0.327 e. The number of halogens is 1. The van der Waals surface area contributed by atoms with Crippen LogP contribution in [0.1, 0.15) is 5.56 Å². The zero-order valence-corrected chi connectivity index (χ0v) is 11.7. The smallest absolute Gasteiger partial charge is 0.327 e. The molecule has 0 radical (unpaired) electrons. The summed E-state index contributed by atoms with van der Waals surface area (Å²) in [6.45, 7) is -0.179. The number of likely N-dealkylation sites (N-methyl/N-ethyl adjacent to an activating group) is 1. The summed E-state index contributed by atoms with van der Waals surface area (Å²) in [6, 6.07) is 5.74. The predicted octanol–water partition coefficient (Wildman–Crippen LogP) is 0.597. The van der Waals surface area contributed by atoms with Crippen molar-refractivity contribution in [3.63, 3.8) is 0 Å². The van der Waals surface area contributed by atoms with Crippen LogP contribution >= 0.6 is 0 Å². The number of hydrogen-bond acceptors (Lipinski definition) is 4. The highest BCUT2D eigenvalue weighted by Crippen LogP contribution is 2.10. The van der Waals surface area contributed by atoms with Crippen molar-refractivity contribution in [1.82, 2.24) is 9.80 Å². The number of nitrogens with zero attached hydrogens (tertiary/aromatic N) is 2. The fourth-order valence-corrected chi connectivity index (χ4v) is 2.03. The first-order valence-corrected chi connectivity index (χ1v) is 6.53. The molecule has 0 spiro atoms. The largest absolute Gasteiger partial charge is 0.389 e. The van der Waals surface area contributed by atoms with E-state index in [9.17, 15) is 19.1 Å². The van der Waals surface area contributed by atoms with Crippen LogP contribution in [-0.2, 0) is 16.1 Å². The van der Waals surface area contributed by atoms with E-state index in [1.165, 1.54) is 18.0 Å². The fourth-order valence-electron chi connectivity index (χ4n) is 2.03. The van der Waals surface area contributed by atoms with E-state index in [1.54, 1.807) is 18.2 Å². The summed E-state index contributed by atoms with van der Waals surface area (Å²) >= 11 is 0. The lowest BCUT2D eigenvalue weighted by Gasteiger charge is -2.18. The summed E-state index contributed by atoms with van der Waals surface area (Å²) in [5.41, 5.74) is 0.387. The molecule has 0 aromatic heterocycles. The Morgan fingerprint density at radius 2 is 2.10 bits per heavy atom. The first kappa shape index (κ1) is 15.4. The van der Waals surface area contributed by atoms with Gasteiger partial charge in [0.15, 0.2) is 0 Å². The molecule has 1 heterocycles. The molecule has 1 aromatic rings. The molecule has 0 saturated carbocycles. The van der Waals surface area contributed by atoms with Gasteiger partial charge in [0.05, 0.1) is 25.9 Å². The number of amides is 3. The molecule has 1 N–H and O–H groups in total. The van der Waals surface area contributed by atoms with Gasteiger partial charge in [-0.25, -0.2) is 9.18 Å². The summed E-state index contributed by atoms with van der Waals surface area (Å²) in [4.78, 5) is 25.4. The number of rotatable bonds is 6. The van der Waals surface area contributed by atoms with Crippen LogP contribution in [0, 0.1) is 5.82 Å². The Bertz CT molecular complexity index is 537. The van der Waals surface area contributed by atoms with E-state index in [0.717, 1.165) is 4.90 Å². The standard InChI is InChI=1S/C14H17FN2O4/c1-16-7-13(19)17(14(16)20)6-11(18)9-21-8-10-4-2-3-5-12(10)15/h2-5,11,18H,6-9H2,1H3/t11-/m1/s1. The van der Waals surface area contributed by atoms with Crippen molar-refractivity contribution >= 4 is 11.9 Å². The average molecular weight is 296 g/mol. The summed E-state index contributed by atoms with van der Waals surface area (Å²) in [6.07, 6.45) is -1.00. The third kappa shape index (κ3) is 3.77. The third-order valence-corrected chi connectivity index (χ3v) is 3.15. The van der Waals surface area contributed by atoms with E-state index in [4.69, 9.17) is 4.74 Å². The Hall–Kier alpha value is -1.99. The van der Waals surface area contributed by atoms with Crippen molar-refractivity contribution in [1.29, 1.82) is 0 Å². The van der Waals surface area contributed by atoms with Gasteiger partial charge in [-0.05, 0) is 6.07 Å². The molecule has 0 aliphatic carbocycles. The number of aliphatic hydroxyl groups is 1. The molecule has 1 atom stereocenters. The van der Waals surface area contributed by atoms with Crippen LogP contribution in [-0.4, -0.2) is 59.7 Å². The zero-order chi connectivity index (χ0) is 15.4. The molecule has 1 saturated heterocycles. The van der Waals surface area contributed by atoms with E-state index >= 15 is 0 Å². The van der Waals surface area contributed by atoms with Crippen molar-refractivity contribution in [2.24, 2.45) is 0 Å². The van der Waals surface area contributed by atoms with Crippen LogP contribution in [0.4, 0.5) is 9.18 Å². The van der Waals surface area contributed by atoms with Crippen LogP contribution in [0.15, 0.2) is 24.3 Å². The predicted molar refractivity (Wildman–Crippen MR) is 71.8 cm³/mol. The average Bonchev–Trinajstić information content (AvgIpc) is 2.68. The summed E-state index contributed by atoms with van der Waals surface area (Å²) in [7, 11) is 1.52. The molecule has 3 amide bonds. The Kier molecular flexibility index (Phi) is 4.87. The first-order valence-electron chi connectivity index (χ1n) is 6.53. The normalized spacial score (nSPS) is 16.7. The number of imide groups is 1. The number of urea groups is 1. The molecule has 6 nitrogen and oxygen atoms in total. The second-order valence-electron chi connectivity index (χ2n) is 4.90. The third-order valence-electron chi connectivity index (χ3n) is 3.15. The quantitative estimate of drug-likeness (QED) is 0.780. The second kappa shape index (κ2) is 6.64. The van der Waals surface area contributed by atoms with E-state index in [0.29, 0.717) is 5.56 Å². The molecule has 1 aliphatic rings. The number of β-amino-alcohol motifs (C(OH)–C–C–N with tert-alkyl or cyclic N) is 1. The van der Waals surface area contributed by atoms with Gasteiger partial charge in [0.25, 0.3) is 0 Å². The van der Waals surface area contributed by atoms with Gasteiger partial charge in [-0.3, -0.25) is 9.69 Å². The Morgan fingerprint density at radius 3 is 2.71 bits per heavy atom. The molecule has 1 fully saturated rings. The van der Waals surface area contributed by atoms with E-state index in [-0.39, 0.29) is 38.0 Å². The van der Waals surface area contributed by atoms with Gasteiger partial charge >= 0.3 is 6.03 Å². The molecule has 114 valence electrons. The topological polar surface area (TPSA) is 70.1 Å². The maximum absolute atomic E-state index is 13.3. The zero-order valence-electron chi connectivity index (χ0n) is 11.7. The SMILES string of the molecule is CN1CC(=O)N(C[C@@H](O)COCc2ccccc2F)C1=O. The number of benzene rings is 1. The first-order chi connectivity index (χ1) is 9.99. The Morgan fingerprint density at radius 1 is 1.38 bits per heavy atom. The summed E-state index contributed by atoms with van der Waals surface area (Å²) in [5, 5.41) is 9.80. The van der Waals surface area contributed by atoms with Gasteiger partial charge in [-0.1, -0.05) is 18.2 Å². The van der Waals surface area contributed by atoms with Crippen LogP contribution in [0.2, 0.25) is 0 Å². The van der Waals surface area contributed by atoms with Gasteiger partial charge in [0.1, 0.15) is 12.4 Å². The van der Waals surface area contributed by atoms with Crippen LogP contribution < -0.4 is 0 Å². The second-order valence-corrected chi connectivity index (χ2v) is 4.90. The molecule has 1 aliphatic heterocycles. The minimum Gasteiger partial charge on any atom is -0.389 e. The van der Waals surface area contributed by atoms with Gasteiger partial charge in [0.2, 0.25) is 5.91 Å². The molecule has 2 rings (SSSR count). The van der Waals surface area contributed by atoms with Crippen LogP contribution in [0.5, 0.6) is 0 Å². The Balaban J connectivity index is 1.78. The number of carbonyl (C=O) groups is 2. The lowest BCUT2D eigenvalue weighted by molar-refractivity contribution is -0.126. The minimum absolute atomic E-state index is 0.0155. The van der Waals surface area contributed by atoms with E-state index in [2.05, 4.69) is 0 Å². The molecule has 1 aromatic carbocycles. The van der Waals surface area contributed by atoms with Crippen molar-refractivity contribution < 1.29 is 23.8 Å². The van der Waals surface area contributed by atoms with Gasteiger partial charge in [-0.2, -0.15) is 0 Å². The number of carbonyl (C=O) groups excluding carboxylic acids is 2. The number of ether oxygens (including phenoxy) is 1. The molecule has 21 heavy (non-hydrogen) atoms. The maximum atomic E-state index is 13.3. The minimum atomic E-state index is -1.00. The summed E-state index contributed by atoms with van der Waals surface area (Å²) in [5.74, 6) is -0.728. The van der Waals surface area contributed by atoms with Crippen LogP contribution in [0.25, 0.3) is 0 Å². The highest BCUT2D eigenvalue weighted by Gasteiger charge is 2.34. The highest BCUT2D eigenvalue weighted by atomic mass is 19.1. The number of hydrogen-bond donors (Lipinski definition) is 1. The lowest BCUT2D eigenvalue weighted by Crippen LogP contribution is -2.39. The van der Waals surface area contributed by atoms with Gasteiger partial charge in [0, 0.05) is 12.6 Å². The van der Waals surface area contributed by atoms with Gasteiger partial charge < -0.3 is 14.7 Å². The lowest BCUT2D eigenvalue weighted by atomic mass is 10.2. The molecule has 7 heteroatoms. The highest BCUT2D eigenvalue weighted by molar-refractivity contribution is 6.01. The monoisotopic (exact) mass is 296 g/mol. The summed E-state index contributed by atoms with van der Waals surface area (Å²) < 4.78 is 18.6. The van der Waals surface area contributed by atoms with Crippen molar-refractivity contribution in [2.45, 2.75) is 12.7 Å². The van der Waals surface area contributed by atoms with E-state index in [1.807, 2.05) is 0 Å². The Labute approximate surface area is 121 Å². The molecular formula is C14H17FN2O4. The van der Waals surface area contributed by atoms with Crippen molar-refractivity contribution in [2.75, 3.05) is 26.7 Å². The van der Waals surface area contributed by atoms with Crippen molar-refractivity contribution in [3.8, 4) is 0 Å². The molecule has 0 bridgehead atoms. The van der Waals surface area contributed by atoms with E-state index < -0.39 is 12.1 Å². The molecule has 0 unspecified atom stereocenters. The van der Waals surface area contributed by atoms with Crippen LogP contribution in [0.3, 0.4) is 0 Å². The number of aliphatic hydroxyl groups excluding tert-OH is 1. The van der Waals surface area contributed by atoms with Crippen molar-refractivity contribution in [3.05, 3.63) is 35.6 Å². The molecular weight excluding hydrogens is 279 g/mol.